The first kappa shape index (κ1) is 19.2. The maximum absolute atomic E-state index is 12.3. The Hall–Kier alpha value is -3.55. The number of ketones is 1. The van der Waals surface area contributed by atoms with E-state index in [1.54, 1.807) is 29.2 Å². The Morgan fingerprint density at radius 2 is 1.89 bits per heavy atom. The molecule has 0 aromatic heterocycles. The predicted octanol–water partition coefficient (Wildman–Crippen LogP) is 3.07. The summed E-state index contributed by atoms with van der Waals surface area (Å²) in [5, 5.41) is 11.0. The van der Waals surface area contributed by atoms with E-state index < -0.39 is 23.3 Å². The Morgan fingerprint density at radius 1 is 1.18 bits per heavy atom. The van der Waals surface area contributed by atoms with Crippen molar-refractivity contribution in [1.82, 2.24) is 0 Å². The van der Waals surface area contributed by atoms with Crippen molar-refractivity contribution >= 4 is 29.0 Å². The lowest BCUT2D eigenvalue weighted by atomic mass is 10.1. The third kappa shape index (κ3) is 3.90. The first-order valence-corrected chi connectivity index (χ1v) is 8.73. The van der Waals surface area contributed by atoms with Crippen molar-refractivity contribution in [2.75, 3.05) is 18.1 Å². The lowest BCUT2D eigenvalue weighted by molar-refractivity contribution is -0.385. The summed E-state index contributed by atoms with van der Waals surface area (Å²) in [5.41, 5.74) is 1.12. The minimum atomic E-state index is -0.797. The van der Waals surface area contributed by atoms with Gasteiger partial charge in [0.15, 0.2) is 12.4 Å². The summed E-state index contributed by atoms with van der Waals surface area (Å²) in [6.45, 7) is 1.63. The minimum absolute atomic E-state index is 0.0462. The second kappa shape index (κ2) is 7.99. The highest BCUT2D eigenvalue weighted by Crippen LogP contribution is 2.23. The zero-order chi connectivity index (χ0) is 20.3. The number of carbonyl (C=O) groups excluding carboxylic acids is 3. The number of nitrogens with zero attached hydrogens (tertiary/aromatic N) is 2. The molecule has 0 atom stereocenters. The number of hydrogen-bond donors (Lipinski definition) is 0. The summed E-state index contributed by atoms with van der Waals surface area (Å²) in [6.07, 6.45) is 1.33. The lowest BCUT2D eigenvalue weighted by Gasteiger charge is -2.15. The number of anilines is 1. The van der Waals surface area contributed by atoms with Crippen LogP contribution in [0.4, 0.5) is 11.4 Å². The van der Waals surface area contributed by atoms with Crippen LogP contribution in [0.15, 0.2) is 42.5 Å². The quantitative estimate of drug-likeness (QED) is 0.329. The number of Topliss-reactive ketones (excluding diaryl/α,β-unsaturated/α-hetero) is 1. The van der Waals surface area contributed by atoms with Crippen LogP contribution in [0.2, 0.25) is 0 Å². The van der Waals surface area contributed by atoms with Gasteiger partial charge in [0.1, 0.15) is 0 Å². The summed E-state index contributed by atoms with van der Waals surface area (Å²) in [4.78, 5) is 48.3. The van der Waals surface area contributed by atoms with Gasteiger partial charge in [0, 0.05) is 35.8 Å². The largest absolute Gasteiger partial charge is 0.454 e. The van der Waals surface area contributed by atoms with E-state index in [0.29, 0.717) is 18.5 Å². The molecule has 0 unspecified atom stereocenters. The number of benzene rings is 2. The SMILES string of the molecule is Cc1c(C(=O)OCC(=O)c2ccc(N3CCCC3=O)cc2)cccc1[N+](=O)[O-]. The molecular weight excluding hydrogens is 364 g/mol. The molecule has 0 bridgehead atoms. The fourth-order valence-electron chi connectivity index (χ4n) is 3.08. The molecule has 0 saturated carbocycles. The number of esters is 1. The van der Waals surface area contributed by atoms with E-state index in [2.05, 4.69) is 0 Å². The van der Waals surface area contributed by atoms with Gasteiger partial charge in [-0.1, -0.05) is 6.07 Å². The number of carbonyl (C=O) groups is 3. The van der Waals surface area contributed by atoms with E-state index in [4.69, 9.17) is 4.74 Å². The van der Waals surface area contributed by atoms with Gasteiger partial charge in [-0.15, -0.1) is 0 Å². The van der Waals surface area contributed by atoms with Crippen LogP contribution < -0.4 is 4.90 Å². The van der Waals surface area contributed by atoms with E-state index in [-0.39, 0.29) is 22.7 Å². The van der Waals surface area contributed by atoms with Gasteiger partial charge in [-0.3, -0.25) is 19.7 Å². The van der Waals surface area contributed by atoms with Crippen molar-refractivity contribution in [3.63, 3.8) is 0 Å². The van der Waals surface area contributed by atoms with Crippen molar-refractivity contribution in [2.45, 2.75) is 19.8 Å². The highest BCUT2D eigenvalue weighted by atomic mass is 16.6. The van der Waals surface area contributed by atoms with E-state index in [0.717, 1.165) is 12.1 Å². The zero-order valence-electron chi connectivity index (χ0n) is 15.2. The third-order valence-corrected chi connectivity index (χ3v) is 4.63. The van der Waals surface area contributed by atoms with Crippen LogP contribution in [-0.4, -0.2) is 35.7 Å². The molecule has 144 valence electrons. The monoisotopic (exact) mass is 382 g/mol. The summed E-state index contributed by atoms with van der Waals surface area (Å²) in [5.74, 6) is -1.15. The number of amides is 1. The highest BCUT2D eigenvalue weighted by Gasteiger charge is 2.22. The number of hydrogen-bond acceptors (Lipinski definition) is 6. The van der Waals surface area contributed by atoms with Crippen molar-refractivity contribution in [3.8, 4) is 0 Å². The van der Waals surface area contributed by atoms with Gasteiger partial charge in [0.2, 0.25) is 5.91 Å². The smallest absolute Gasteiger partial charge is 0.339 e. The molecule has 8 heteroatoms. The number of ether oxygens (including phenoxy) is 1. The average molecular weight is 382 g/mol. The first-order valence-electron chi connectivity index (χ1n) is 8.73. The maximum Gasteiger partial charge on any atom is 0.339 e. The van der Waals surface area contributed by atoms with E-state index in [1.807, 2.05) is 0 Å². The Balaban J connectivity index is 1.64. The molecule has 0 radical (unpaired) electrons. The Labute approximate surface area is 160 Å². The number of rotatable bonds is 6. The van der Waals surface area contributed by atoms with Crippen molar-refractivity contribution in [3.05, 3.63) is 69.3 Å². The highest BCUT2D eigenvalue weighted by molar-refractivity contribution is 6.01. The van der Waals surface area contributed by atoms with Crippen LogP contribution in [0, 0.1) is 17.0 Å². The molecule has 0 spiro atoms. The summed E-state index contributed by atoms with van der Waals surface area (Å²) in [7, 11) is 0. The molecule has 0 N–H and O–H groups in total. The fourth-order valence-corrected chi connectivity index (χ4v) is 3.08. The fraction of sp³-hybridized carbons (Fsp3) is 0.250. The van der Waals surface area contributed by atoms with Gasteiger partial charge < -0.3 is 9.64 Å². The van der Waals surface area contributed by atoms with Gasteiger partial charge in [-0.05, 0) is 43.7 Å². The molecule has 2 aromatic rings. The van der Waals surface area contributed by atoms with Crippen LogP contribution in [0.1, 0.15) is 39.1 Å². The molecule has 1 saturated heterocycles. The molecule has 3 rings (SSSR count). The van der Waals surface area contributed by atoms with Crippen LogP contribution in [-0.2, 0) is 9.53 Å². The Kier molecular flexibility index (Phi) is 5.49. The summed E-state index contributed by atoms with van der Waals surface area (Å²) in [6, 6.07) is 10.6. The van der Waals surface area contributed by atoms with E-state index in [1.165, 1.54) is 25.1 Å². The van der Waals surface area contributed by atoms with Gasteiger partial charge in [0.05, 0.1) is 10.5 Å². The average Bonchev–Trinajstić information content (AvgIpc) is 3.11. The minimum Gasteiger partial charge on any atom is -0.454 e. The number of nitro benzene ring substituents is 1. The molecule has 2 aromatic carbocycles. The summed E-state index contributed by atoms with van der Waals surface area (Å²) >= 11 is 0. The van der Waals surface area contributed by atoms with Crippen LogP contribution >= 0.6 is 0 Å². The number of nitro groups is 1. The standard InChI is InChI=1S/C20H18N2O6/c1-13-16(4-2-5-17(13)22(26)27)20(25)28-12-18(23)14-7-9-15(10-8-14)21-11-3-6-19(21)24/h2,4-5,7-10H,3,6,11-12H2,1H3. The van der Waals surface area contributed by atoms with Gasteiger partial charge in [0.25, 0.3) is 5.69 Å². The van der Waals surface area contributed by atoms with E-state index >= 15 is 0 Å². The van der Waals surface area contributed by atoms with Gasteiger partial charge >= 0.3 is 5.97 Å². The Morgan fingerprint density at radius 3 is 2.50 bits per heavy atom. The molecule has 1 aliphatic rings. The van der Waals surface area contributed by atoms with Crippen LogP contribution in [0.5, 0.6) is 0 Å². The molecular formula is C20H18N2O6. The van der Waals surface area contributed by atoms with Crippen LogP contribution in [0.25, 0.3) is 0 Å². The second-order valence-electron chi connectivity index (χ2n) is 6.40. The molecule has 1 fully saturated rings. The zero-order valence-corrected chi connectivity index (χ0v) is 15.2. The van der Waals surface area contributed by atoms with Crippen molar-refractivity contribution in [2.24, 2.45) is 0 Å². The first-order chi connectivity index (χ1) is 13.4. The molecule has 1 heterocycles. The Bertz CT molecular complexity index is 952. The van der Waals surface area contributed by atoms with Crippen molar-refractivity contribution in [1.29, 1.82) is 0 Å². The topological polar surface area (TPSA) is 107 Å². The second-order valence-corrected chi connectivity index (χ2v) is 6.40. The van der Waals surface area contributed by atoms with Crippen molar-refractivity contribution < 1.29 is 24.0 Å². The third-order valence-electron chi connectivity index (χ3n) is 4.63. The molecule has 0 aliphatic carbocycles. The van der Waals surface area contributed by atoms with Gasteiger partial charge in [-0.25, -0.2) is 4.79 Å². The van der Waals surface area contributed by atoms with Crippen LogP contribution in [0.3, 0.4) is 0 Å². The molecule has 8 nitrogen and oxygen atoms in total. The van der Waals surface area contributed by atoms with E-state index in [9.17, 15) is 24.5 Å². The predicted molar refractivity (Wildman–Crippen MR) is 100 cm³/mol. The molecule has 28 heavy (non-hydrogen) atoms. The molecule has 1 amide bonds. The summed E-state index contributed by atoms with van der Waals surface area (Å²) < 4.78 is 5.03. The van der Waals surface area contributed by atoms with Gasteiger partial charge in [-0.2, -0.15) is 0 Å². The molecule has 1 aliphatic heterocycles. The normalized spacial score (nSPS) is 13.5. The lowest BCUT2D eigenvalue weighted by Crippen LogP contribution is -2.23. The maximum atomic E-state index is 12.3.